The molecule has 2 aromatic heterocycles. The SMILES string of the molecule is Oc1c([C@H](c2cccc(F)c2)[NH+]2CCC(Cc3ccccc3)CC2)sc2ncnn12. The smallest absolute Gasteiger partial charge is 0.235 e. The molecule has 5 rings (SSSR count). The number of hydrogen-bond acceptors (Lipinski definition) is 4. The second-order valence-electron chi connectivity index (χ2n) is 8.02. The van der Waals surface area contributed by atoms with Crippen molar-refractivity contribution in [1.29, 1.82) is 0 Å². The Labute approximate surface area is 178 Å². The van der Waals surface area contributed by atoms with E-state index in [1.807, 2.05) is 6.07 Å². The van der Waals surface area contributed by atoms with Crippen LogP contribution in [0.2, 0.25) is 0 Å². The molecule has 1 aliphatic heterocycles. The van der Waals surface area contributed by atoms with Crippen LogP contribution in [0, 0.1) is 11.7 Å². The fourth-order valence-corrected chi connectivity index (χ4v) is 5.74. The number of thiazole rings is 1. The van der Waals surface area contributed by atoms with Crippen LogP contribution in [0.4, 0.5) is 4.39 Å². The zero-order valence-electron chi connectivity index (χ0n) is 16.5. The minimum absolute atomic E-state index is 0.112. The number of aromatic hydroxyl groups is 1. The van der Waals surface area contributed by atoms with E-state index in [2.05, 4.69) is 40.4 Å². The van der Waals surface area contributed by atoms with Gasteiger partial charge in [0.1, 0.15) is 17.0 Å². The number of piperidine rings is 1. The first-order chi connectivity index (χ1) is 14.7. The van der Waals surface area contributed by atoms with Crippen LogP contribution in [0.15, 0.2) is 60.9 Å². The predicted molar refractivity (Wildman–Crippen MR) is 114 cm³/mol. The number of halogens is 1. The van der Waals surface area contributed by atoms with Crippen molar-refractivity contribution >= 4 is 16.3 Å². The summed E-state index contributed by atoms with van der Waals surface area (Å²) in [4.78, 5) is 7.03. The van der Waals surface area contributed by atoms with Gasteiger partial charge in [0, 0.05) is 5.56 Å². The topological polar surface area (TPSA) is 54.9 Å². The molecule has 5 nitrogen and oxygen atoms in total. The van der Waals surface area contributed by atoms with Crippen molar-refractivity contribution < 1.29 is 14.4 Å². The van der Waals surface area contributed by atoms with E-state index < -0.39 is 0 Å². The Morgan fingerprint density at radius 3 is 2.67 bits per heavy atom. The van der Waals surface area contributed by atoms with E-state index >= 15 is 0 Å². The van der Waals surface area contributed by atoms with Crippen LogP contribution in [0.25, 0.3) is 4.96 Å². The normalized spacial score (nSPS) is 20.4. The Hall–Kier alpha value is -2.77. The van der Waals surface area contributed by atoms with Crippen molar-refractivity contribution in [3.8, 4) is 5.88 Å². The summed E-state index contributed by atoms with van der Waals surface area (Å²) in [5.74, 6) is 0.510. The number of nitrogens with one attached hydrogen (secondary N) is 1. The van der Waals surface area contributed by atoms with Crippen molar-refractivity contribution in [3.05, 3.63) is 82.7 Å². The fourth-order valence-electron chi connectivity index (χ4n) is 4.63. The minimum atomic E-state index is -0.255. The van der Waals surface area contributed by atoms with Crippen molar-refractivity contribution in [2.24, 2.45) is 5.92 Å². The van der Waals surface area contributed by atoms with Gasteiger partial charge in [0.15, 0.2) is 6.04 Å². The number of nitrogens with zero attached hydrogens (tertiary/aromatic N) is 3. The van der Waals surface area contributed by atoms with Gasteiger partial charge in [-0.25, -0.2) is 9.37 Å². The number of rotatable bonds is 5. The van der Waals surface area contributed by atoms with Gasteiger partial charge in [-0.05, 0) is 42.9 Å². The van der Waals surface area contributed by atoms with Gasteiger partial charge in [-0.1, -0.05) is 53.8 Å². The Morgan fingerprint density at radius 1 is 1.13 bits per heavy atom. The fraction of sp³-hybridized carbons (Fsp3) is 0.304. The van der Waals surface area contributed by atoms with Crippen LogP contribution in [-0.4, -0.2) is 32.8 Å². The molecule has 4 aromatic rings. The lowest BCUT2D eigenvalue weighted by Crippen LogP contribution is -3.13. The number of quaternary nitrogens is 1. The molecule has 0 radical (unpaired) electrons. The van der Waals surface area contributed by atoms with Gasteiger partial charge in [0.05, 0.1) is 13.1 Å². The van der Waals surface area contributed by atoms with E-state index in [0.29, 0.717) is 10.9 Å². The zero-order valence-corrected chi connectivity index (χ0v) is 17.4. The lowest BCUT2D eigenvalue weighted by Gasteiger charge is -2.34. The first kappa shape index (κ1) is 19.2. The summed E-state index contributed by atoms with van der Waals surface area (Å²) in [6, 6.07) is 17.3. The summed E-state index contributed by atoms with van der Waals surface area (Å²) in [6.07, 6.45) is 4.75. The molecular weight excluding hydrogens is 399 g/mol. The van der Waals surface area contributed by atoms with Gasteiger partial charge in [-0.15, -0.1) is 0 Å². The highest BCUT2D eigenvalue weighted by Gasteiger charge is 2.35. The van der Waals surface area contributed by atoms with Gasteiger partial charge >= 0.3 is 0 Å². The Morgan fingerprint density at radius 2 is 1.93 bits per heavy atom. The summed E-state index contributed by atoms with van der Waals surface area (Å²) in [6.45, 7) is 1.96. The largest absolute Gasteiger partial charge is 0.492 e. The molecule has 0 amide bonds. The maximum absolute atomic E-state index is 14.1. The first-order valence-electron chi connectivity index (χ1n) is 10.3. The van der Waals surface area contributed by atoms with Crippen LogP contribution in [0.5, 0.6) is 5.88 Å². The first-order valence-corrected chi connectivity index (χ1v) is 11.2. The third-order valence-electron chi connectivity index (χ3n) is 6.11. The van der Waals surface area contributed by atoms with Gasteiger partial charge in [0.25, 0.3) is 0 Å². The van der Waals surface area contributed by atoms with Gasteiger partial charge in [-0.3, -0.25) is 0 Å². The third kappa shape index (κ3) is 3.70. The second kappa shape index (κ2) is 8.16. The number of hydrogen-bond donors (Lipinski definition) is 2. The summed E-state index contributed by atoms with van der Waals surface area (Å²) in [5, 5.41) is 14.9. The summed E-state index contributed by atoms with van der Waals surface area (Å²) in [7, 11) is 0. The summed E-state index contributed by atoms with van der Waals surface area (Å²) >= 11 is 1.43. The number of benzene rings is 2. The molecular formula is C23H24FN4OS+. The molecule has 0 aliphatic carbocycles. The molecule has 1 saturated heterocycles. The highest BCUT2D eigenvalue weighted by molar-refractivity contribution is 7.17. The molecule has 1 atom stereocenters. The van der Waals surface area contributed by atoms with E-state index in [-0.39, 0.29) is 17.7 Å². The Balaban J connectivity index is 1.41. The van der Waals surface area contributed by atoms with E-state index in [0.717, 1.165) is 42.8 Å². The molecule has 7 heteroatoms. The standard InChI is InChI=1S/C23H23FN4OS/c24-19-8-4-7-18(14-19)20(21-22(29)28-23(30-21)25-15-26-28)27-11-9-17(10-12-27)13-16-5-2-1-3-6-16/h1-8,14-15,17,20,29H,9-13H2/p+1/t20-/m0/s1. The highest BCUT2D eigenvalue weighted by atomic mass is 32.1. The van der Waals surface area contributed by atoms with Crippen LogP contribution in [-0.2, 0) is 6.42 Å². The van der Waals surface area contributed by atoms with E-state index in [9.17, 15) is 9.50 Å². The monoisotopic (exact) mass is 423 g/mol. The molecule has 30 heavy (non-hydrogen) atoms. The summed E-state index contributed by atoms with van der Waals surface area (Å²) in [5.41, 5.74) is 2.27. The number of aromatic nitrogens is 3. The zero-order chi connectivity index (χ0) is 20.5. The Kier molecular flexibility index (Phi) is 5.23. The molecule has 2 N–H and O–H groups in total. The van der Waals surface area contributed by atoms with Crippen molar-refractivity contribution in [3.63, 3.8) is 0 Å². The second-order valence-corrected chi connectivity index (χ2v) is 9.03. The average Bonchev–Trinajstić information content (AvgIpc) is 3.34. The molecule has 1 fully saturated rings. The van der Waals surface area contributed by atoms with Crippen molar-refractivity contribution in [2.45, 2.75) is 25.3 Å². The van der Waals surface area contributed by atoms with E-state index in [1.165, 1.54) is 38.7 Å². The van der Waals surface area contributed by atoms with Crippen LogP contribution in [0.3, 0.4) is 0 Å². The van der Waals surface area contributed by atoms with Gasteiger partial charge < -0.3 is 10.0 Å². The average molecular weight is 424 g/mol. The van der Waals surface area contributed by atoms with E-state index in [1.54, 1.807) is 12.1 Å². The third-order valence-corrected chi connectivity index (χ3v) is 7.20. The molecule has 0 saturated carbocycles. The number of fused-ring (bicyclic) bond motifs is 1. The van der Waals surface area contributed by atoms with Gasteiger partial charge in [-0.2, -0.15) is 9.61 Å². The lowest BCUT2D eigenvalue weighted by molar-refractivity contribution is -0.931. The van der Waals surface area contributed by atoms with Crippen molar-refractivity contribution in [1.82, 2.24) is 14.6 Å². The number of likely N-dealkylation sites (tertiary alicyclic amines) is 1. The van der Waals surface area contributed by atoms with Crippen LogP contribution >= 0.6 is 11.3 Å². The van der Waals surface area contributed by atoms with Crippen LogP contribution in [0.1, 0.15) is 34.9 Å². The quantitative estimate of drug-likeness (QED) is 0.518. The molecule has 154 valence electrons. The maximum atomic E-state index is 14.1. The highest BCUT2D eigenvalue weighted by Crippen LogP contribution is 2.35. The molecule has 3 heterocycles. The maximum Gasteiger partial charge on any atom is 0.235 e. The molecule has 0 bridgehead atoms. The molecule has 2 aromatic carbocycles. The summed E-state index contributed by atoms with van der Waals surface area (Å²) < 4.78 is 15.5. The lowest BCUT2D eigenvalue weighted by atomic mass is 9.89. The molecule has 0 spiro atoms. The molecule has 1 aliphatic rings. The van der Waals surface area contributed by atoms with E-state index in [4.69, 9.17) is 0 Å². The Bertz CT molecular complexity index is 1130. The predicted octanol–water partition coefficient (Wildman–Crippen LogP) is 3.26. The minimum Gasteiger partial charge on any atom is -0.492 e. The van der Waals surface area contributed by atoms with Crippen molar-refractivity contribution in [2.75, 3.05) is 13.1 Å². The van der Waals surface area contributed by atoms with Crippen LogP contribution < -0.4 is 4.90 Å². The molecule has 0 unspecified atom stereocenters. The van der Waals surface area contributed by atoms with Gasteiger partial charge in [0.2, 0.25) is 10.8 Å².